The highest BCUT2D eigenvalue weighted by molar-refractivity contribution is 7.91. The van der Waals surface area contributed by atoms with E-state index >= 15 is 0 Å². The SMILES string of the molecule is C=CCN(C(C)(C)C)S(=O)(=O)c1cc(C)c(CN)s1. The van der Waals surface area contributed by atoms with Crippen LogP contribution in [0.15, 0.2) is 22.9 Å². The minimum atomic E-state index is -3.51. The molecule has 0 bridgehead atoms. The molecule has 0 saturated heterocycles. The maximum Gasteiger partial charge on any atom is 0.253 e. The summed E-state index contributed by atoms with van der Waals surface area (Å²) in [6, 6.07) is 1.70. The van der Waals surface area contributed by atoms with Gasteiger partial charge in [0.1, 0.15) is 4.21 Å². The van der Waals surface area contributed by atoms with Crippen LogP contribution in [0.1, 0.15) is 31.2 Å². The molecule has 6 heteroatoms. The van der Waals surface area contributed by atoms with Gasteiger partial charge in [0, 0.05) is 23.5 Å². The Kier molecular flexibility index (Phi) is 4.95. The zero-order valence-electron chi connectivity index (χ0n) is 11.9. The monoisotopic (exact) mass is 302 g/mol. The van der Waals surface area contributed by atoms with E-state index in [0.717, 1.165) is 10.4 Å². The maximum atomic E-state index is 12.7. The summed E-state index contributed by atoms with van der Waals surface area (Å²) in [5, 5.41) is 0. The average molecular weight is 302 g/mol. The largest absolute Gasteiger partial charge is 0.326 e. The van der Waals surface area contributed by atoms with Crippen molar-refractivity contribution in [3.05, 3.63) is 29.2 Å². The van der Waals surface area contributed by atoms with Crippen molar-refractivity contribution < 1.29 is 8.42 Å². The van der Waals surface area contributed by atoms with E-state index in [4.69, 9.17) is 5.73 Å². The summed E-state index contributed by atoms with van der Waals surface area (Å²) in [5.41, 5.74) is 6.05. The fourth-order valence-corrected chi connectivity index (χ4v) is 5.12. The molecule has 1 heterocycles. The van der Waals surface area contributed by atoms with Crippen LogP contribution in [0.4, 0.5) is 0 Å². The smallest absolute Gasteiger partial charge is 0.253 e. The van der Waals surface area contributed by atoms with E-state index in [1.54, 1.807) is 12.1 Å². The van der Waals surface area contributed by atoms with E-state index in [9.17, 15) is 8.42 Å². The molecule has 0 fully saturated rings. The predicted octanol–water partition coefficient (Wildman–Crippen LogP) is 2.49. The number of rotatable bonds is 5. The molecule has 1 aromatic rings. The summed E-state index contributed by atoms with van der Waals surface area (Å²) >= 11 is 1.25. The van der Waals surface area contributed by atoms with Crippen molar-refractivity contribution in [1.82, 2.24) is 4.31 Å². The minimum absolute atomic E-state index is 0.292. The summed E-state index contributed by atoms with van der Waals surface area (Å²) in [5.74, 6) is 0. The third-order valence-corrected chi connectivity index (χ3v) is 6.61. The van der Waals surface area contributed by atoms with E-state index in [-0.39, 0.29) is 0 Å². The van der Waals surface area contributed by atoms with E-state index in [2.05, 4.69) is 6.58 Å². The molecule has 0 unspecified atom stereocenters. The lowest BCUT2D eigenvalue weighted by Crippen LogP contribution is -2.45. The lowest BCUT2D eigenvalue weighted by atomic mass is 10.1. The predicted molar refractivity (Wildman–Crippen MR) is 80.8 cm³/mol. The van der Waals surface area contributed by atoms with Crippen LogP contribution in [0.3, 0.4) is 0 Å². The van der Waals surface area contributed by atoms with Crippen LogP contribution in [-0.4, -0.2) is 24.8 Å². The third kappa shape index (κ3) is 3.45. The van der Waals surface area contributed by atoms with Gasteiger partial charge in [-0.05, 0) is 39.3 Å². The number of sulfonamides is 1. The van der Waals surface area contributed by atoms with Gasteiger partial charge < -0.3 is 5.73 Å². The van der Waals surface area contributed by atoms with Gasteiger partial charge in [-0.2, -0.15) is 4.31 Å². The molecule has 0 saturated carbocycles. The van der Waals surface area contributed by atoms with Crippen LogP contribution in [0.25, 0.3) is 0 Å². The first kappa shape index (κ1) is 16.4. The second-order valence-electron chi connectivity index (χ2n) is 5.37. The second-order valence-corrected chi connectivity index (χ2v) is 8.60. The Balaban J connectivity index is 3.30. The first-order chi connectivity index (χ1) is 8.64. The normalized spacial score (nSPS) is 12.9. The summed E-state index contributed by atoms with van der Waals surface area (Å²) in [6.45, 7) is 11.8. The van der Waals surface area contributed by atoms with Crippen LogP contribution < -0.4 is 5.73 Å². The Labute approximate surface area is 120 Å². The van der Waals surface area contributed by atoms with Crippen molar-refractivity contribution in [1.29, 1.82) is 0 Å². The molecule has 0 aliphatic rings. The summed E-state index contributed by atoms with van der Waals surface area (Å²) < 4.78 is 27.2. The molecular weight excluding hydrogens is 280 g/mol. The van der Waals surface area contributed by atoms with Gasteiger partial charge in [-0.1, -0.05) is 6.08 Å². The number of hydrogen-bond donors (Lipinski definition) is 1. The molecular formula is C13H22N2O2S2. The minimum Gasteiger partial charge on any atom is -0.326 e. The molecule has 0 radical (unpaired) electrons. The van der Waals surface area contributed by atoms with E-state index in [1.807, 2.05) is 27.7 Å². The number of thiophene rings is 1. The van der Waals surface area contributed by atoms with Crippen LogP contribution in [-0.2, 0) is 16.6 Å². The Morgan fingerprint density at radius 2 is 2.05 bits per heavy atom. The van der Waals surface area contributed by atoms with Gasteiger partial charge in [-0.3, -0.25) is 0 Å². The lowest BCUT2D eigenvalue weighted by molar-refractivity contribution is 0.270. The van der Waals surface area contributed by atoms with Crippen molar-refractivity contribution in [3.8, 4) is 0 Å². The lowest BCUT2D eigenvalue weighted by Gasteiger charge is -2.33. The highest BCUT2D eigenvalue weighted by Gasteiger charge is 2.34. The van der Waals surface area contributed by atoms with Crippen LogP contribution in [0, 0.1) is 6.92 Å². The molecule has 0 atom stereocenters. The fraction of sp³-hybridized carbons (Fsp3) is 0.538. The van der Waals surface area contributed by atoms with Crippen LogP contribution in [0.2, 0.25) is 0 Å². The molecule has 0 aliphatic heterocycles. The first-order valence-electron chi connectivity index (χ1n) is 6.07. The van der Waals surface area contributed by atoms with Gasteiger partial charge in [0.25, 0.3) is 10.0 Å². The van der Waals surface area contributed by atoms with Crippen molar-refractivity contribution in [2.24, 2.45) is 5.73 Å². The van der Waals surface area contributed by atoms with Gasteiger partial charge >= 0.3 is 0 Å². The molecule has 1 rings (SSSR count). The molecule has 0 aromatic carbocycles. The summed E-state index contributed by atoms with van der Waals surface area (Å²) in [6.07, 6.45) is 1.60. The fourth-order valence-electron chi connectivity index (χ4n) is 1.78. The Morgan fingerprint density at radius 3 is 2.42 bits per heavy atom. The molecule has 19 heavy (non-hydrogen) atoms. The van der Waals surface area contributed by atoms with Crippen molar-refractivity contribution in [2.45, 2.75) is 44.0 Å². The molecule has 2 N–H and O–H groups in total. The Bertz CT molecular complexity index is 554. The van der Waals surface area contributed by atoms with Gasteiger partial charge in [0.2, 0.25) is 0 Å². The van der Waals surface area contributed by atoms with Gasteiger partial charge in [-0.25, -0.2) is 8.42 Å². The van der Waals surface area contributed by atoms with Gasteiger partial charge in [-0.15, -0.1) is 17.9 Å². The van der Waals surface area contributed by atoms with Crippen molar-refractivity contribution in [3.63, 3.8) is 0 Å². The zero-order valence-corrected chi connectivity index (χ0v) is 13.6. The number of nitrogens with zero attached hydrogens (tertiary/aromatic N) is 1. The molecule has 108 valence electrons. The summed E-state index contributed by atoms with van der Waals surface area (Å²) in [7, 11) is -3.51. The maximum absolute atomic E-state index is 12.7. The molecule has 1 aromatic heterocycles. The van der Waals surface area contributed by atoms with E-state index in [0.29, 0.717) is 17.3 Å². The number of nitrogens with two attached hydrogens (primary N) is 1. The van der Waals surface area contributed by atoms with Crippen LogP contribution >= 0.6 is 11.3 Å². The number of hydrogen-bond acceptors (Lipinski definition) is 4. The average Bonchev–Trinajstić information content (AvgIpc) is 2.66. The Morgan fingerprint density at radius 1 is 1.47 bits per heavy atom. The Hall–Kier alpha value is -0.690. The van der Waals surface area contributed by atoms with E-state index < -0.39 is 15.6 Å². The standard InChI is InChI=1S/C13H22N2O2S2/c1-6-7-15(13(3,4)5)19(16,17)12-8-10(2)11(9-14)18-12/h6,8H,1,7,9,14H2,2-5H3. The van der Waals surface area contributed by atoms with Gasteiger partial charge in [0.15, 0.2) is 0 Å². The molecule has 4 nitrogen and oxygen atoms in total. The van der Waals surface area contributed by atoms with Crippen molar-refractivity contribution >= 4 is 21.4 Å². The zero-order chi connectivity index (χ0) is 14.8. The first-order valence-corrected chi connectivity index (χ1v) is 8.33. The molecule has 0 spiro atoms. The topological polar surface area (TPSA) is 63.4 Å². The van der Waals surface area contributed by atoms with E-state index in [1.165, 1.54) is 15.6 Å². The third-order valence-electron chi connectivity index (χ3n) is 2.77. The second kappa shape index (κ2) is 5.75. The molecule has 0 aliphatic carbocycles. The highest BCUT2D eigenvalue weighted by Crippen LogP contribution is 2.31. The van der Waals surface area contributed by atoms with Gasteiger partial charge in [0.05, 0.1) is 0 Å². The van der Waals surface area contributed by atoms with Crippen LogP contribution in [0.5, 0.6) is 0 Å². The number of aryl methyl sites for hydroxylation is 1. The molecule has 0 amide bonds. The highest BCUT2D eigenvalue weighted by atomic mass is 32.2. The quantitative estimate of drug-likeness (QED) is 0.850. The van der Waals surface area contributed by atoms with Crippen molar-refractivity contribution in [2.75, 3.05) is 6.54 Å². The summed E-state index contributed by atoms with van der Waals surface area (Å²) in [4.78, 5) is 0.908.